The molecule has 0 aliphatic rings. The summed E-state index contributed by atoms with van der Waals surface area (Å²) in [5.41, 5.74) is 3.86. The third kappa shape index (κ3) is 5.35. The van der Waals surface area contributed by atoms with Crippen molar-refractivity contribution in [3.63, 3.8) is 0 Å². The lowest BCUT2D eigenvalue weighted by Gasteiger charge is -2.03. The molecule has 0 unspecified atom stereocenters. The van der Waals surface area contributed by atoms with Gasteiger partial charge in [-0.15, -0.1) is 0 Å². The number of amides is 1. The maximum absolute atomic E-state index is 12.4. The molecule has 0 spiro atoms. The third-order valence-corrected chi connectivity index (χ3v) is 5.42. The molecule has 0 saturated heterocycles. The number of rotatable bonds is 6. The van der Waals surface area contributed by atoms with Gasteiger partial charge in [-0.1, -0.05) is 77.6 Å². The Balaban J connectivity index is 1.36. The molecular weight excluding hydrogens is 414 g/mol. The van der Waals surface area contributed by atoms with Crippen molar-refractivity contribution in [2.24, 2.45) is 0 Å². The Morgan fingerprint density at radius 1 is 0.833 bits per heavy atom. The number of nitrogens with zero attached hydrogens (tertiary/aromatic N) is 1. The lowest BCUT2D eigenvalue weighted by Crippen LogP contribution is -2.09. The van der Waals surface area contributed by atoms with Crippen LogP contribution in [0.25, 0.3) is 12.2 Å². The van der Waals surface area contributed by atoms with Crippen molar-refractivity contribution in [2.75, 3.05) is 10.6 Å². The number of aromatic nitrogens is 1. The molecule has 2 N–H and O–H groups in total. The molecule has 0 bridgehead atoms. The van der Waals surface area contributed by atoms with Crippen molar-refractivity contribution in [1.29, 1.82) is 0 Å². The van der Waals surface area contributed by atoms with Crippen LogP contribution in [-0.4, -0.2) is 10.9 Å². The van der Waals surface area contributed by atoms with Crippen LogP contribution in [0.5, 0.6) is 0 Å². The van der Waals surface area contributed by atoms with Gasteiger partial charge in [-0.2, -0.15) is 0 Å². The second-order valence-electron chi connectivity index (χ2n) is 6.48. The first-order valence-electron chi connectivity index (χ1n) is 9.29. The Kier molecular flexibility index (Phi) is 6.23. The van der Waals surface area contributed by atoms with Crippen molar-refractivity contribution < 1.29 is 4.79 Å². The van der Waals surface area contributed by atoms with Gasteiger partial charge >= 0.3 is 0 Å². The van der Waals surface area contributed by atoms with Crippen LogP contribution in [0.4, 0.5) is 16.5 Å². The number of carbonyl (C=O) groups is 1. The molecule has 0 atom stereocenters. The van der Waals surface area contributed by atoms with Crippen molar-refractivity contribution in [1.82, 2.24) is 4.98 Å². The topological polar surface area (TPSA) is 54.0 Å². The summed E-state index contributed by atoms with van der Waals surface area (Å²) >= 11 is 7.16. The van der Waals surface area contributed by atoms with Gasteiger partial charge in [0.25, 0.3) is 5.91 Å². The fraction of sp³-hybridized carbons (Fsp3) is 0. The summed E-state index contributed by atoms with van der Waals surface area (Å²) in [6.07, 6.45) is 5.71. The standard InChI is InChI=1S/C24H18ClN3OS/c25-19-10-14-20(15-11-19)27-23(29)22-16-26-24(30-22)28-21-12-8-18(9-13-21)7-6-17-4-2-1-3-5-17/h1-16H,(H,26,28)(H,27,29)/b7-6-. The molecular formula is C24H18ClN3OS. The van der Waals surface area contributed by atoms with Crippen LogP contribution in [0.3, 0.4) is 0 Å². The number of benzene rings is 3. The number of anilines is 3. The molecule has 6 heteroatoms. The van der Waals surface area contributed by atoms with Gasteiger partial charge in [0.2, 0.25) is 0 Å². The molecule has 0 fully saturated rings. The second kappa shape index (κ2) is 9.39. The van der Waals surface area contributed by atoms with E-state index in [4.69, 9.17) is 11.6 Å². The van der Waals surface area contributed by atoms with E-state index in [2.05, 4.69) is 39.9 Å². The molecule has 1 amide bonds. The molecule has 4 aromatic rings. The van der Waals surface area contributed by atoms with Crippen LogP contribution in [0.15, 0.2) is 85.1 Å². The summed E-state index contributed by atoms with van der Waals surface area (Å²) in [6.45, 7) is 0. The first-order chi connectivity index (χ1) is 14.7. The summed E-state index contributed by atoms with van der Waals surface area (Å²) in [5, 5.41) is 7.35. The highest BCUT2D eigenvalue weighted by atomic mass is 35.5. The average Bonchev–Trinajstić information content (AvgIpc) is 3.24. The van der Waals surface area contributed by atoms with Crippen molar-refractivity contribution >= 4 is 57.5 Å². The van der Waals surface area contributed by atoms with Crippen LogP contribution in [0.1, 0.15) is 20.8 Å². The van der Waals surface area contributed by atoms with Gasteiger partial charge in [-0.05, 0) is 47.5 Å². The average molecular weight is 432 g/mol. The zero-order valence-electron chi connectivity index (χ0n) is 15.9. The summed E-state index contributed by atoms with van der Waals surface area (Å²) in [5.74, 6) is -0.204. The number of thiazole rings is 1. The number of hydrogen-bond donors (Lipinski definition) is 2. The molecule has 0 saturated carbocycles. The summed E-state index contributed by atoms with van der Waals surface area (Å²) in [4.78, 5) is 17.2. The first kappa shape index (κ1) is 19.9. The molecule has 30 heavy (non-hydrogen) atoms. The molecule has 0 aliphatic heterocycles. The van der Waals surface area contributed by atoms with Crippen LogP contribution in [-0.2, 0) is 0 Å². The Labute approximate surface area is 183 Å². The normalized spacial score (nSPS) is 10.8. The first-order valence-corrected chi connectivity index (χ1v) is 10.5. The third-order valence-electron chi connectivity index (χ3n) is 4.26. The van der Waals surface area contributed by atoms with Crippen molar-refractivity contribution in [3.05, 3.63) is 106 Å². The molecule has 4 nitrogen and oxygen atoms in total. The van der Waals surface area contributed by atoms with Crippen LogP contribution in [0, 0.1) is 0 Å². The fourth-order valence-corrected chi connectivity index (χ4v) is 3.58. The highest BCUT2D eigenvalue weighted by Gasteiger charge is 2.11. The summed E-state index contributed by atoms with van der Waals surface area (Å²) in [7, 11) is 0. The minimum absolute atomic E-state index is 0.204. The minimum atomic E-state index is -0.204. The number of nitrogens with one attached hydrogen (secondary N) is 2. The minimum Gasteiger partial charge on any atom is -0.332 e. The van der Waals surface area contributed by atoms with Gasteiger partial charge < -0.3 is 10.6 Å². The molecule has 4 rings (SSSR count). The highest BCUT2D eigenvalue weighted by molar-refractivity contribution is 7.17. The summed E-state index contributed by atoms with van der Waals surface area (Å²) < 4.78 is 0. The van der Waals surface area contributed by atoms with Crippen LogP contribution in [0.2, 0.25) is 5.02 Å². The van der Waals surface area contributed by atoms with E-state index in [0.717, 1.165) is 16.8 Å². The van der Waals surface area contributed by atoms with Crippen LogP contribution < -0.4 is 10.6 Å². The van der Waals surface area contributed by atoms with E-state index in [1.165, 1.54) is 11.3 Å². The lowest BCUT2D eigenvalue weighted by molar-refractivity contribution is 0.103. The van der Waals surface area contributed by atoms with E-state index in [1.54, 1.807) is 30.5 Å². The molecule has 3 aromatic carbocycles. The van der Waals surface area contributed by atoms with E-state index in [1.807, 2.05) is 42.5 Å². The Hall–Kier alpha value is -3.41. The predicted molar refractivity (Wildman–Crippen MR) is 127 cm³/mol. The largest absolute Gasteiger partial charge is 0.332 e. The monoisotopic (exact) mass is 431 g/mol. The van der Waals surface area contributed by atoms with Gasteiger partial charge in [0.05, 0.1) is 6.20 Å². The van der Waals surface area contributed by atoms with E-state index in [9.17, 15) is 4.79 Å². The second-order valence-corrected chi connectivity index (χ2v) is 7.95. The van der Waals surface area contributed by atoms with E-state index < -0.39 is 0 Å². The maximum Gasteiger partial charge on any atom is 0.267 e. The Morgan fingerprint density at radius 2 is 1.47 bits per heavy atom. The summed E-state index contributed by atoms with van der Waals surface area (Å²) in [6, 6.07) is 25.2. The van der Waals surface area contributed by atoms with Gasteiger partial charge in [0.15, 0.2) is 5.13 Å². The van der Waals surface area contributed by atoms with Crippen LogP contribution >= 0.6 is 22.9 Å². The van der Waals surface area contributed by atoms with E-state index >= 15 is 0 Å². The number of hydrogen-bond acceptors (Lipinski definition) is 4. The Bertz CT molecular complexity index is 1150. The zero-order valence-corrected chi connectivity index (χ0v) is 17.5. The number of halogens is 1. The highest BCUT2D eigenvalue weighted by Crippen LogP contribution is 2.24. The maximum atomic E-state index is 12.4. The smallest absolute Gasteiger partial charge is 0.267 e. The van der Waals surface area contributed by atoms with Crippen molar-refractivity contribution in [3.8, 4) is 0 Å². The number of carbonyl (C=O) groups excluding carboxylic acids is 1. The predicted octanol–water partition coefficient (Wildman–Crippen LogP) is 6.96. The zero-order chi connectivity index (χ0) is 20.8. The molecule has 1 heterocycles. The molecule has 0 radical (unpaired) electrons. The van der Waals surface area contributed by atoms with Gasteiger partial charge in [0.1, 0.15) is 4.88 Å². The quantitative estimate of drug-likeness (QED) is 0.324. The lowest BCUT2D eigenvalue weighted by atomic mass is 10.1. The Morgan fingerprint density at radius 3 is 2.17 bits per heavy atom. The van der Waals surface area contributed by atoms with Gasteiger partial charge in [-0.3, -0.25) is 4.79 Å². The van der Waals surface area contributed by atoms with E-state index in [-0.39, 0.29) is 5.91 Å². The van der Waals surface area contributed by atoms with Gasteiger partial charge in [-0.25, -0.2) is 4.98 Å². The fourth-order valence-electron chi connectivity index (χ4n) is 2.72. The van der Waals surface area contributed by atoms with Crippen molar-refractivity contribution in [2.45, 2.75) is 0 Å². The SMILES string of the molecule is O=C(Nc1ccc(Cl)cc1)c1cnc(Nc2ccc(/C=C\c3ccccc3)cc2)s1. The van der Waals surface area contributed by atoms with E-state index in [0.29, 0.717) is 20.7 Å². The molecule has 148 valence electrons. The van der Waals surface area contributed by atoms with Gasteiger partial charge in [0, 0.05) is 16.4 Å². The molecule has 0 aliphatic carbocycles. The molecule has 1 aromatic heterocycles.